The summed E-state index contributed by atoms with van der Waals surface area (Å²) in [5.74, 6) is 1.31. The summed E-state index contributed by atoms with van der Waals surface area (Å²) >= 11 is 1.54. The number of nitrogens with zero attached hydrogens (tertiary/aromatic N) is 5. The summed E-state index contributed by atoms with van der Waals surface area (Å²) < 4.78 is 45.4. The van der Waals surface area contributed by atoms with E-state index in [-0.39, 0.29) is 18.0 Å². The zero-order chi connectivity index (χ0) is 17.2. The molecule has 3 aromatic rings. The molecular formula is C14H12F3N5OS. The van der Waals surface area contributed by atoms with Gasteiger partial charge in [-0.3, -0.25) is 0 Å². The first-order chi connectivity index (χ1) is 11.5. The van der Waals surface area contributed by atoms with Gasteiger partial charge in [0, 0.05) is 0 Å². The van der Waals surface area contributed by atoms with Gasteiger partial charge in [0.15, 0.2) is 11.5 Å². The van der Waals surface area contributed by atoms with Gasteiger partial charge in [0.2, 0.25) is 0 Å². The third-order valence-corrected chi connectivity index (χ3v) is 3.70. The minimum absolute atomic E-state index is 0.0610. The Bertz CT molecular complexity index is 830. The molecule has 0 aliphatic carbocycles. The summed E-state index contributed by atoms with van der Waals surface area (Å²) in [5.41, 5.74) is -0.267. The smallest absolute Gasteiger partial charge is 0.332 e. The molecule has 0 saturated heterocycles. The van der Waals surface area contributed by atoms with Crippen LogP contribution in [-0.2, 0) is 18.5 Å². The number of aromatic nitrogens is 5. The average molecular weight is 355 g/mol. The van der Waals surface area contributed by atoms with Gasteiger partial charge >= 0.3 is 6.18 Å². The highest BCUT2D eigenvalue weighted by atomic mass is 32.2. The number of halogens is 3. The third kappa shape index (κ3) is 3.58. The van der Waals surface area contributed by atoms with Gasteiger partial charge < -0.3 is 4.52 Å². The summed E-state index contributed by atoms with van der Waals surface area (Å²) in [6, 6.07) is 5.35. The molecule has 126 valence electrons. The highest BCUT2D eigenvalue weighted by molar-refractivity contribution is 7.97. The van der Waals surface area contributed by atoms with E-state index >= 15 is 0 Å². The van der Waals surface area contributed by atoms with Gasteiger partial charge in [-0.05, 0) is 17.9 Å². The number of benzene rings is 1. The Morgan fingerprint density at radius 3 is 2.79 bits per heavy atom. The van der Waals surface area contributed by atoms with Crippen LogP contribution in [0.5, 0.6) is 0 Å². The molecule has 1 aromatic carbocycles. The molecule has 0 amide bonds. The molecule has 0 saturated carbocycles. The maximum absolute atomic E-state index is 13.0. The van der Waals surface area contributed by atoms with Crippen LogP contribution < -0.4 is 0 Å². The van der Waals surface area contributed by atoms with Crippen molar-refractivity contribution in [2.24, 2.45) is 0 Å². The van der Waals surface area contributed by atoms with Crippen LogP contribution in [0.4, 0.5) is 13.2 Å². The summed E-state index contributed by atoms with van der Waals surface area (Å²) in [5, 5.41) is 11.5. The molecule has 24 heavy (non-hydrogen) atoms. The molecule has 0 unspecified atom stereocenters. The molecule has 0 spiro atoms. The first-order valence-electron chi connectivity index (χ1n) is 6.84. The van der Waals surface area contributed by atoms with E-state index in [0.717, 1.165) is 6.07 Å². The van der Waals surface area contributed by atoms with Crippen molar-refractivity contribution in [1.29, 1.82) is 0 Å². The van der Waals surface area contributed by atoms with Gasteiger partial charge in [-0.2, -0.15) is 29.9 Å². The van der Waals surface area contributed by atoms with Gasteiger partial charge in [-0.25, -0.2) is 4.68 Å². The number of alkyl halides is 3. The fraction of sp³-hybridized carbons (Fsp3) is 0.286. The molecule has 10 heteroatoms. The van der Waals surface area contributed by atoms with Gasteiger partial charge in [-0.15, -0.1) is 5.10 Å². The molecule has 3 rings (SSSR count). The lowest BCUT2D eigenvalue weighted by atomic mass is 10.1. The third-order valence-electron chi connectivity index (χ3n) is 3.15. The van der Waals surface area contributed by atoms with Crippen molar-refractivity contribution >= 4 is 11.8 Å². The van der Waals surface area contributed by atoms with Crippen LogP contribution in [0.25, 0.3) is 11.6 Å². The highest BCUT2D eigenvalue weighted by Crippen LogP contribution is 2.32. The molecule has 0 atom stereocenters. The number of thioether (sulfide) groups is 1. The second kappa shape index (κ2) is 6.63. The fourth-order valence-corrected chi connectivity index (χ4v) is 2.50. The second-order valence-electron chi connectivity index (χ2n) is 4.91. The van der Waals surface area contributed by atoms with Crippen LogP contribution in [0.3, 0.4) is 0 Å². The highest BCUT2D eigenvalue weighted by Gasteiger charge is 2.33. The summed E-state index contributed by atoms with van der Waals surface area (Å²) in [4.78, 5) is 4.15. The van der Waals surface area contributed by atoms with Crippen LogP contribution in [0.1, 0.15) is 17.0 Å². The van der Waals surface area contributed by atoms with Crippen molar-refractivity contribution in [3.63, 3.8) is 0 Å². The fourth-order valence-electron chi connectivity index (χ4n) is 2.13. The van der Waals surface area contributed by atoms with E-state index in [9.17, 15) is 13.2 Å². The zero-order valence-electron chi connectivity index (χ0n) is 12.5. The minimum Gasteiger partial charge on any atom is -0.332 e. The predicted molar refractivity (Wildman–Crippen MR) is 81.1 cm³/mol. The normalized spacial score (nSPS) is 11.8. The van der Waals surface area contributed by atoms with Crippen LogP contribution in [0.2, 0.25) is 0 Å². The summed E-state index contributed by atoms with van der Waals surface area (Å²) in [6.07, 6.45) is -1.03. The van der Waals surface area contributed by atoms with Crippen molar-refractivity contribution < 1.29 is 17.7 Å². The lowest BCUT2D eigenvalue weighted by Crippen LogP contribution is -2.11. The van der Waals surface area contributed by atoms with E-state index in [1.165, 1.54) is 23.0 Å². The number of rotatable bonds is 5. The van der Waals surface area contributed by atoms with E-state index in [1.54, 1.807) is 17.8 Å². The quantitative estimate of drug-likeness (QED) is 0.700. The second-order valence-corrected chi connectivity index (χ2v) is 5.77. The Morgan fingerprint density at radius 2 is 2.04 bits per heavy atom. The van der Waals surface area contributed by atoms with Crippen molar-refractivity contribution in [2.45, 2.75) is 18.5 Å². The minimum atomic E-state index is -4.42. The first kappa shape index (κ1) is 16.5. The standard InChI is InChI=1S/C14H12F3N5OS/c1-24-8-12-18-13(23-20-12)11-7-22(21-19-11)6-9-4-2-3-5-10(9)14(15,16)17/h2-5,7H,6,8H2,1H3. The maximum atomic E-state index is 13.0. The van der Waals surface area contributed by atoms with E-state index in [4.69, 9.17) is 4.52 Å². The topological polar surface area (TPSA) is 69.6 Å². The zero-order valence-corrected chi connectivity index (χ0v) is 13.3. The Balaban J connectivity index is 1.82. The van der Waals surface area contributed by atoms with Gasteiger partial charge in [-0.1, -0.05) is 28.6 Å². The van der Waals surface area contributed by atoms with Crippen molar-refractivity contribution in [2.75, 3.05) is 6.26 Å². The van der Waals surface area contributed by atoms with Crippen LogP contribution in [0.15, 0.2) is 35.0 Å². The van der Waals surface area contributed by atoms with Crippen molar-refractivity contribution in [3.8, 4) is 11.6 Å². The van der Waals surface area contributed by atoms with E-state index in [1.807, 2.05) is 6.26 Å². The molecule has 0 radical (unpaired) electrons. The summed E-state index contributed by atoms with van der Waals surface area (Å²) in [7, 11) is 0. The lowest BCUT2D eigenvalue weighted by molar-refractivity contribution is -0.138. The molecular weight excluding hydrogens is 343 g/mol. The molecule has 2 aromatic heterocycles. The molecule has 0 aliphatic rings. The number of hydrogen-bond acceptors (Lipinski definition) is 6. The Morgan fingerprint density at radius 1 is 1.25 bits per heavy atom. The molecule has 0 bridgehead atoms. The van der Waals surface area contributed by atoms with Gasteiger partial charge in [0.25, 0.3) is 5.89 Å². The molecule has 0 N–H and O–H groups in total. The first-order valence-corrected chi connectivity index (χ1v) is 8.24. The van der Waals surface area contributed by atoms with Gasteiger partial charge in [0.05, 0.1) is 24.1 Å². The van der Waals surface area contributed by atoms with E-state index in [2.05, 4.69) is 20.5 Å². The van der Waals surface area contributed by atoms with Crippen LogP contribution >= 0.6 is 11.8 Å². The maximum Gasteiger partial charge on any atom is 0.416 e. The molecule has 0 fully saturated rings. The SMILES string of the molecule is CSCc1noc(-c2cn(Cc3ccccc3C(F)(F)F)nn2)n1. The molecule has 6 nitrogen and oxygen atoms in total. The van der Waals surface area contributed by atoms with Crippen molar-refractivity contribution in [1.82, 2.24) is 25.1 Å². The largest absolute Gasteiger partial charge is 0.416 e. The lowest BCUT2D eigenvalue weighted by Gasteiger charge is -2.12. The van der Waals surface area contributed by atoms with Crippen LogP contribution in [-0.4, -0.2) is 31.4 Å². The van der Waals surface area contributed by atoms with Gasteiger partial charge in [0.1, 0.15) is 0 Å². The molecule has 0 aliphatic heterocycles. The Kier molecular flexibility index (Phi) is 4.56. The summed E-state index contributed by atoms with van der Waals surface area (Å²) in [6.45, 7) is -0.0610. The molecule has 2 heterocycles. The predicted octanol–water partition coefficient (Wildman–Crippen LogP) is 3.26. The van der Waals surface area contributed by atoms with Crippen LogP contribution in [0, 0.1) is 0 Å². The van der Waals surface area contributed by atoms with E-state index < -0.39 is 11.7 Å². The monoisotopic (exact) mass is 355 g/mol. The average Bonchev–Trinajstić information content (AvgIpc) is 3.16. The van der Waals surface area contributed by atoms with Crippen molar-refractivity contribution in [3.05, 3.63) is 47.4 Å². The van der Waals surface area contributed by atoms with E-state index in [0.29, 0.717) is 17.3 Å². The Labute approximate surface area is 139 Å². The Hall–Kier alpha value is -2.36. The number of hydrogen-bond donors (Lipinski definition) is 0.